The summed E-state index contributed by atoms with van der Waals surface area (Å²) < 4.78 is 23.8. The number of rotatable bonds is 7. The van der Waals surface area contributed by atoms with Gasteiger partial charge in [0.1, 0.15) is 5.82 Å². The second kappa shape index (κ2) is 11.2. The summed E-state index contributed by atoms with van der Waals surface area (Å²) in [6.07, 6.45) is 0. The molecular formula is C17H21BrFN9O3. The highest BCUT2D eigenvalue weighted by molar-refractivity contribution is 9.10. The molecule has 0 saturated carbocycles. The van der Waals surface area contributed by atoms with Crippen molar-refractivity contribution in [2.24, 2.45) is 15.4 Å². The third-order valence-electron chi connectivity index (χ3n) is 4.17. The second-order valence-electron chi connectivity index (χ2n) is 6.18. The van der Waals surface area contributed by atoms with Crippen LogP contribution in [0.25, 0.3) is 0 Å². The third kappa shape index (κ3) is 6.11. The van der Waals surface area contributed by atoms with Crippen LogP contribution in [0.2, 0.25) is 0 Å². The molecule has 1 aromatic heterocycles. The van der Waals surface area contributed by atoms with Gasteiger partial charge in [-0.2, -0.15) is 5.10 Å². The second-order valence-corrected chi connectivity index (χ2v) is 7.04. The van der Waals surface area contributed by atoms with Crippen molar-refractivity contribution in [3.63, 3.8) is 0 Å². The summed E-state index contributed by atoms with van der Waals surface area (Å²) in [7, 11) is 0. The van der Waals surface area contributed by atoms with Crippen molar-refractivity contribution in [1.29, 1.82) is 0 Å². The third-order valence-corrected chi connectivity index (χ3v) is 4.78. The lowest BCUT2D eigenvalue weighted by Gasteiger charge is -2.29. The fourth-order valence-electron chi connectivity index (χ4n) is 2.71. The number of nitrogens with zero attached hydrogens (tertiary/aromatic N) is 6. The molecule has 4 N–H and O–H groups in total. The number of aromatic nitrogens is 2. The van der Waals surface area contributed by atoms with Crippen LogP contribution in [0.3, 0.4) is 0 Å². The number of anilines is 2. The van der Waals surface area contributed by atoms with Crippen molar-refractivity contribution in [3.05, 3.63) is 34.2 Å². The van der Waals surface area contributed by atoms with E-state index in [1.165, 1.54) is 18.2 Å². The molecule has 166 valence electrons. The summed E-state index contributed by atoms with van der Waals surface area (Å²) in [5, 5.41) is 36.8. The number of hydrogen-bond acceptors (Lipinski definition) is 9. The van der Waals surface area contributed by atoms with Gasteiger partial charge in [0.25, 0.3) is 0 Å². The quantitative estimate of drug-likeness (QED) is 0.147. The number of ether oxygens (including phenoxy) is 1. The number of amidine groups is 1. The average molecular weight is 498 g/mol. The fourth-order valence-corrected chi connectivity index (χ4v) is 3.09. The predicted molar refractivity (Wildman–Crippen MR) is 116 cm³/mol. The van der Waals surface area contributed by atoms with E-state index in [4.69, 9.17) is 9.37 Å². The Bertz CT molecular complexity index is 947. The molecule has 0 aliphatic carbocycles. The highest BCUT2D eigenvalue weighted by Crippen LogP contribution is 2.21. The first kappa shape index (κ1) is 22.4. The van der Waals surface area contributed by atoms with E-state index < -0.39 is 5.82 Å². The molecular weight excluding hydrogens is 477 g/mol. The van der Waals surface area contributed by atoms with Gasteiger partial charge >= 0.3 is 0 Å². The monoisotopic (exact) mass is 497 g/mol. The van der Waals surface area contributed by atoms with Gasteiger partial charge in [-0.15, -0.1) is 5.10 Å². The van der Waals surface area contributed by atoms with Crippen molar-refractivity contribution in [2.75, 3.05) is 50.0 Å². The van der Waals surface area contributed by atoms with Crippen LogP contribution in [0, 0.1) is 5.82 Å². The zero-order valence-corrected chi connectivity index (χ0v) is 18.0. The van der Waals surface area contributed by atoms with Crippen molar-refractivity contribution in [1.82, 2.24) is 20.5 Å². The van der Waals surface area contributed by atoms with E-state index in [2.05, 4.69) is 64.3 Å². The number of benzene rings is 1. The van der Waals surface area contributed by atoms with Gasteiger partial charge in [0.05, 0.1) is 17.7 Å². The Labute approximate surface area is 185 Å². The van der Waals surface area contributed by atoms with E-state index in [1.807, 2.05) is 4.90 Å². The Kier molecular flexibility index (Phi) is 8.12. The van der Waals surface area contributed by atoms with Crippen LogP contribution in [0.4, 0.5) is 15.9 Å². The SMILES string of the molecule is C=N/N=C(\NCCNc1nonc1/C(=N/O)Nc1ccc(F)c(Br)c1)N1CCOCC1. The molecule has 1 saturated heterocycles. The van der Waals surface area contributed by atoms with E-state index >= 15 is 0 Å². The molecule has 0 spiro atoms. The Morgan fingerprint density at radius 3 is 2.81 bits per heavy atom. The lowest BCUT2D eigenvalue weighted by atomic mass is 10.3. The molecule has 0 bridgehead atoms. The van der Waals surface area contributed by atoms with E-state index in [1.54, 1.807) is 0 Å². The highest BCUT2D eigenvalue weighted by atomic mass is 79.9. The first-order valence-electron chi connectivity index (χ1n) is 9.23. The minimum atomic E-state index is -0.419. The minimum Gasteiger partial charge on any atom is -0.409 e. The molecule has 2 aromatic rings. The first-order chi connectivity index (χ1) is 15.1. The van der Waals surface area contributed by atoms with Crippen LogP contribution in [0.1, 0.15) is 5.69 Å². The van der Waals surface area contributed by atoms with E-state index in [0.717, 1.165) is 0 Å². The predicted octanol–water partition coefficient (Wildman–Crippen LogP) is 1.52. The number of halogens is 2. The standard InChI is InChI=1S/C17H21BrFN9O3/c1-20-24-17(28-6-8-30-9-7-28)22-5-4-21-15-14(26-31-27-15)16(25-29)23-11-2-3-13(19)12(18)10-11/h2-3,10,29H,1,4-9H2,(H,21,27)(H,22,24)(H,23,25). The summed E-state index contributed by atoms with van der Waals surface area (Å²) >= 11 is 3.10. The summed E-state index contributed by atoms with van der Waals surface area (Å²) in [5.41, 5.74) is 0.623. The summed E-state index contributed by atoms with van der Waals surface area (Å²) in [5.74, 6) is 0.411. The van der Waals surface area contributed by atoms with Crippen LogP contribution < -0.4 is 16.0 Å². The van der Waals surface area contributed by atoms with Gasteiger partial charge in [-0.1, -0.05) is 5.16 Å². The maximum Gasteiger partial charge on any atom is 0.219 e. The van der Waals surface area contributed by atoms with Gasteiger partial charge in [-0.25, -0.2) is 9.02 Å². The van der Waals surface area contributed by atoms with Crippen molar-refractivity contribution in [3.8, 4) is 0 Å². The Morgan fingerprint density at radius 2 is 2.10 bits per heavy atom. The summed E-state index contributed by atoms with van der Waals surface area (Å²) in [6, 6.07) is 4.24. The van der Waals surface area contributed by atoms with Crippen molar-refractivity contribution >= 4 is 45.9 Å². The van der Waals surface area contributed by atoms with Crippen LogP contribution in [0.15, 0.2) is 42.7 Å². The molecule has 2 heterocycles. The van der Waals surface area contributed by atoms with Crippen LogP contribution in [-0.2, 0) is 4.74 Å². The Morgan fingerprint density at radius 1 is 1.29 bits per heavy atom. The topological polar surface area (TPSA) is 145 Å². The number of oxime groups is 1. The maximum atomic E-state index is 13.4. The molecule has 1 aliphatic heterocycles. The molecule has 31 heavy (non-hydrogen) atoms. The zero-order valence-electron chi connectivity index (χ0n) is 16.4. The molecule has 0 atom stereocenters. The molecule has 12 nitrogen and oxygen atoms in total. The molecule has 1 aliphatic rings. The van der Waals surface area contributed by atoms with Gasteiger partial charge in [-0.3, -0.25) is 0 Å². The first-order valence-corrected chi connectivity index (χ1v) is 10.0. The molecule has 3 rings (SSSR count). The molecule has 14 heteroatoms. The summed E-state index contributed by atoms with van der Waals surface area (Å²) in [6.45, 7) is 6.93. The molecule has 1 fully saturated rings. The molecule has 1 aromatic carbocycles. The Balaban J connectivity index is 1.57. The van der Waals surface area contributed by atoms with Gasteiger partial charge in [0, 0.05) is 38.6 Å². The van der Waals surface area contributed by atoms with Crippen molar-refractivity contribution < 1.29 is 19.0 Å². The zero-order chi connectivity index (χ0) is 22.1. The lowest BCUT2D eigenvalue weighted by Crippen LogP contribution is -2.48. The molecule has 0 radical (unpaired) electrons. The lowest BCUT2D eigenvalue weighted by molar-refractivity contribution is 0.0665. The fraction of sp³-hybridized carbons (Fsp3) is 0.353. The van der Waals surface area contributed by atoms with E-state index in [-0.39, 0.29) is 21.8 Å². The van der Waals surface area contributed by atoms with Gasteiger partial charge < -0.3 is 30.8 Å². The smallest absolute Gasteiger partial charge is 0.219 e. The number of guanidine groups is 1. The Hall–Kier alpha value is -3.26. The van der Waals surface area contributed by atoms with Gasteiger partial charge in [0.15, 0.2) is 5.69 Å². The molecule has 0 amide bonds. The van der Waals surface area contributed by atoms with E-state index in [9.17, 15) is 9.60 Å². The average Bonchev–Trinajstić information content (AvgIpc) is 3.25. The van der Waals surface area contributed by atoms with E-state index in [0.29, 0.717) is 51.0 Å². The van der Waals surface area contributed by atoms with Gasteiger partial charge in [0.2, 0.25) is 17.6 Å². The number of hydrogen-bond donors (Lipinski definition) is 4. The largest absolute Gasteiger partial charge is 0.409 e. The van der Waals surface area contributed by atoms with Crippen molar-refractivity contribution in [2.45, 2.75) is 0 Å². The summed E-state index contributed by atoms with van der Waals surface area (Å²) in [4.78, 5) is 2.02. The van der Waals surface area contributed by atoms with Crippen LogP contribution in [-0.4, -0.2) is 78.3 Å². The van der Waals surface area contributed by atoms with Crippen LogP contribution in [0.5, 0.6) is 0 Å². The maximum absolute atomic E-state index is 13.4. The molecule has 0 unspecified atom stereocenters. The normalized spacial score (nSPS) is 15.0. The highest BCUT2D eigenvalue weighted by Gasteiger charge is 2.19. The number of morpholine rings is 1. The number of nitrogens with one attached hydrogen (secondary N) is 3. The van der Waals surface area contributed by atoms with Gasteiger partial charge in [-0.05, 0) is 44.4 Å². The minimum absolute atomic E-state index is 0.0263. The van der Waals surface area contributed by atoms with Crippen LogP contribution >= 0.6 is 15.9 Å².